The van der Waals surface area contributed by atoms with Crippen molar-refractivity contribution in [2.75, 3.05) is 11.1 Å². The number of amides is 1. The quantitative estimate of drug-likeness (QED) is 0.0805. The van der Waals surface area contributed by atoms with Crippen LogP contribution in [0.3, 0.4) is 0 Å². The number of benzene rings is 3. The van der Waals surface area contributed by atoms with E-state index in [1.54, 1.807) is 24.3 Å². The van der Waals surface area contributed by atoms with Crippen LogP contribution < -0.4 is 21.7 Å². The minimum atomic E-state index is -0.790. The number of carbonyl (C=O) groups is 2. The zero-order chi connectivity index (χ0) is 31.7. The maximum atomic E-state index is 13.4. The van der Waals surface area contributed by atoms with Crippen molar-refractivity contribution in [3.05, 3.63) is 85.8 Å². The van der Waals surface area contributed by atoms with E-state index in [4.69, 9.17) is 33.7 Å². The Bertz CT molecular complexity index is 1440. The van der Waals surface area contributed by atoms with Crippen LogP contribution in [-0.2, 0) is 22.5 Å². The Kier molecular flexibility index (Phi) is 12.4. The molecule has 0 heterocycles. The van der Waals surface area contributed by atoms with Crippen LogP contribution in [0.1, 0.15) is 86.7 Å². The number of hydrogen-bond acceptors (Lipinski definition) is 6. The Labute approximate surface area is 278 Å². The van der Waals surface area contributed by atoms with Crippen molar-refractivity contribution >= 4 is 68.1 Å². The fourth-order valence-electron chi connectivity index (χ4n) is 5.68. The van der Waals surface area contributed by atoms with Gasteiger partial charge < -0.3 is 26.4 Å². The van der Waals surface area contributed by atoms with E-state index in [1.807, 2.05) is 37.3 Å². The number of carbonyl (C=O) groups excluding carboxylic acids is 2. The minimum Gasteiger partial charge on any atom is -0.441 e. The first-order valence-corrected chi connectivity index (χ1v) is 16.8. The average Bonchev–Trinajstić information content (AvgIpc) is 3.01. The lowest BCUT2D eigenvalue weighted by Crippen LogP contribution is -2.45. The lowest BCUT2D eigenvalue weighted by atomic mass is 9.79. The molecule has 44 heavy (non-hydrogen) atoms. The highest BCUT2D eigenvalue weighted by Crippen LogP contribution is 2.34. The molecule has 0 saturated heterocycles. The van der Waals surface area contributed by atoms with Crippen LogP contribution in [0, 0.1) is 0 Å². The van der Waals surface area contributed by atoms with Crippen LogP contribution in [-0.4, -0.2) is 23.6 Å². The summed E-state index contributed by atoms with van der Waals surface area (Å²) in [5.74, 6) is -0.805. The topological polar surface area (TPSA) is 105 Å². The van der Waals surface area contributed by atoms with Gasteiger partial charge in [-0.25, -0.2) is 0 Å². The number of halogens is 3. The van der Waals surface area contributed by atoms with Crippen LogP contribution in [0.4, 0.5) is 17.1 Å². The molecule has 1 atom stereocenters. The highest BCUT2D eigenvalue weighted by Gasteiger charge is 2.30. The second kappa shape index (κ2) is 16.0. The number of esters is 1. The summed E-state index contributed by atoms with van der Waals surface area (Å²) in [6.07, 6.45) is 7.42. The summed E-state index contributed by atoms with van der Waals surface area (Å²) in [6.45, 7) is 4.76. The van der Waals surface area contributed by atoms with E-state index < -0.39 is 12.2 Å². The Morgan fingerprint density at radius 2 is 1.70 bits per heavy atom. The van der Waals surface area contributed by atoms with Crippen molar-refractivity contribution in [2.45, 2.75) is 89.9 Å². The Hall–Kier alpha value is -2.78. The van der Waals surface area contributed by atoms with Gasteiger partial charge >= 0.3 is 5.97 Å². The number of hydrogen-bond donors (Lipinski definition) is 4. The summed E-state index contributed by atoms with van der Waals surface area (Å²) in [6, 6.07) is 16.1. The highest BCUT2D eigenvalue weighted by molar-refractivity contribution is 9.10. The van der Waals surface area contributed by atoms with Gasteiger partial charge in [-0.2, -0.15) is 0 Å². The van der Waals surface area contributed by atoms with Crippen molar-refractivity contribution in [3.63, 3.8) is 0 Å². The zero-order valence-electron chi connectivity index (χ0n) is 25.3. The first-order chi connectivity index (χ1) is 21.1. The van der Waals surface area contributed by atoms with Gasteiger partial charge in [-0.05, 0) is 76.7 Å². The molecule has 1 unspecified atom stereocenters. The number of rotatable bonds is 13. The third-order valence-corrected chi connectivity index (χ3v) is 9.60. The van der Waals surface area contributed by atoms with Crippen LogP contribution in [0.2, 0.25) is 10.0 Å². The monoisotopic (exact) mass is 702 g/mol. The van der Waals surface area contributed by atoms with Crippen molar-refractivity contribution in [2.24, 2.45) is 0 Å². The number of nitrogens with one attached hydrogen (secondary N) is 3. The maximum absolute atomic E-state index is 13.4. The lowest BCUT2D eigenvalue weighted by molar-refractivity contribution is -0.149. The number of nitrogen functional groups attached to an aromatic ring is 1. The smallest absolute Gasteiger partial charge is 0.312 e. The second-order valence-electron chi connectivity index (χ2n) is 11.4. The highest BCUT2D eigenvalue weighted by atomic mass is 79.9. The Balaban J connectivity index is 1.43. The van der Waals surface area contributed by atoms with E-state index >= 15 is 0 Å². The molecule has 4 rings (SSSR count). The van der Waals surface area contributed by atoms with E-state index in [2.05, 4.69) is 38.8 Å². The maximum Gasteiger partial charge on any atom is 0.312 e. The molecule has 1 amide bonds. The molecule has 3 aromatic carbocycles. The summed E-state index contributed by atoms with van der Waals surface area (Å²) in [5, 5.41) is 10.8. The predicted octanol–water partition coefficient (Wildman–Crippen LogP) is 8.93. The molecule has 0 bridgehead atoms. The van der Waals surface area contributed by atoms with E-state index in [1.165, 1.54) is 19.3 Å². The normalized spacial score (nSPS) is 14.9. The summed E-state index contributed by atoms with van der Waals surface area (Å²) in [4.78, 5) is 26.5. The second-order valence-corrected chi connectivity index (χ2v) is 13.0. The third-order valence-electron chi connectivity index (χ3n) is 8.31. The van der Waals surface area contributed by atoms with Crippen molar-refractivity contribution in [1.29, 1.82) is 0 Å². The fraction of sp³-hybridized carbons (Fsp3) is 0.412. The molecule has 0 aromatic heterocycles. The van der Waals surface area contributed by atoms with E-state index in [9.17, 15) is 9.59 Å². The fourth-order valence-corrected chi connectivity index (χ4v) is 6.67. The molecular formula is C34H41BrCl2N4O3. The van der Waals surface area contributed by atoms with E-state index in [0.717, 1.165) is 24.8 Å². The summed E-state index contributed by atoms with van der Waals surface area (Å²) >= 11 is 16.2. The molecule has 1 fully saturated rings. The number of para-hydroxylation sites is 2. The van der Waals surface area contributed by atoms with Crippen molar-refractivity contribution in [1.82, 2.24) is 10.6 Å². The summed E-state index contributed by atoms with van der Waals surface area (Å²) in [5.41, 5.74) is 10.4. The average molecular weight is 705 g/mol. The van der Waals surface area contributed by atoms with Gasteiger partial charge in [-0.15, -0.1) is 0 Å². The van der Waals surface area contributed by atoms with Gasteiger partial charge in [0, 0.05) is 34.2 Å². The molecule has 0 aliphatic heterocycles. The Morgan fingerprint density at radius 1 is 1.00 bits per heavy atom. The molecule has 1 aliphatic rings. The largest absolute Gasteiger partial charge is 0.441 e. The number of anilines is 3. The van der Waals surface area contributed by atoms with Crippen molar-refractivity contribution < 1.29 is 14.3 Å². The predicted molar refractivity (Wildman–Crippen MR) is 184 cm³/mol. The van der Waals surface area contributed by atoms with E-state index in [0.29, 0.717) is 62.1 Å². The molecule has 0 radical (unpaired) electrons. The summed E-state index contributed by atoms with van der Waals surface area (Å²) in [7, 11) is 0. The Morgan fingerprint density at radius 3 is 2.39 bits per heavy atom. The van der Waals surface area contributed by atoms with Crippen LogP contribution in [0.15, 0.2) is 59.1 Å². The number of nitrogens with two attached hydrogens (primary N) is 1. The van der Waals surface area contributed by atoms with Gasteiger partial charge in [-0.1, -0.05) is 87.0 Å². The third kappa shape index (κ3) is 8.90. The first-order valence-electron chi connectivity index (χ1n) is 15.3. The van der Waals surface area contributed by atoms with Crippen LogP contribution in [0.5, 0.6) is 0 Å². The molecule has 1 aliphatic carbocycles. The van der Waals surface area contributed by atoms with E-state index in [-0.39, 0.29) is 17.9 Å². The molecule has 0 spiro atoms. The molecule has 3 aromatic rings. The SMILES string of the molecule is CCCC(NC(=O)c1cc(Br)c(N)c(CNC2(CC)CCCCC2)c1)OC(=O)Cc1ccccc1Nc1c(Cl)cccc1Cl. The van der Waals surface area contributed by atoms with Gasteiger partial charge in [-0.3, -0.25) is 9.59 Å². The lowest BCUT2D eigenvalue weighted by Gasteiger charge is -2.38. The van der Waals surface area contributed by atoms with Crippen molar-refractivity contribution in [3.8, 4) is 0 Å². The first kappa shape index (κ1) is 34.1. The van der Waals surface area contributed by atoms with Gasteiger partial charge in [0.25, 0.3) is 5.91 Å². The van der Waals surface area contributed by atoms with Gasteiger partial charge in [0.05, 0.1) is 27.8 Å². The minimum absolute atomic E-state index is 0.0102. The molecule has 5 N–H and O–H groups in total. The standard InChI is InChI=1S/C34H41BrCl2N4O3/c1-3-11-29(44-30(42)20-22-12-6-7-15-28(22)40-32-26(36)13-10-14-27(32)37)41-33(43)23-18-24(31(38)25(35)19-23)21-39-34(4-2)16-8-5-9-17-34/h6-7,10,12-15,18-19,29,39-40H,3-5,8-9,11,16-17,20-21,38H2,1-2H3,(H,41,43). The molecule has 236 valence electrons. The molecule has 10 heteroatoms. The number of ether oxygens (including phenoxy) is 1. The van der Waals surface area contributed by atoms with Gasteiger partial charge in [0.15, 0.2) is 6.23 Å². The molecule has 1 saturated carbocycles. The van der Waals surface area contributed by atoms with Gasteiger partial charge in [0.1, 0.15) is 0 Å². The zero-order valence-corrected chi connectivity index (χ0v) is 28.4. The summed E-state index contributed by atoms with van der Waals surface area (Å²) < 4.78 is 6.43. The molecule has 7 nitrogen and oxygen atoms in total. The van der Waals surface area contributed by atoms with Crippen LogP contribution in [0.25, 0.3) is 0 Å². The van der Waals surface area contributed by atoms with Crippen LogP contribution >= 0.6 is 39.1 Å². The van der Waals surface area contributed by atoms with Gasteiger partial charge in [0.2, 0.25) is 0 Å². The molecular weight excluding hydrogens is 663 g/mol.